The normalized spacial score (nSPS) is 18.1. The quantitative estimate of drug-likeness (QED) is 0.639. The maximum atomic E-state index is 11.8. The highest BCUT2D eigenvalue weighted by Gasteiger charge is 2.35. The molecule has 1 fully saturated rings. The highest BCUT2D eigenvalue weighted by molar-refractivity contribution is 6.04. The van der Waals surface area contributed by atoms with Gasteiger partial charge in [0.1, 0.15) is 19.1 Å². The molecule has 1 aliphatic rings. The number of nitrogens with zero attached hydrogens (tertiary/aromatic N) is 2. The molecular weight excluding hydrogens is 266 g/mol. The van der Waals surface area contributed by atoms with Crippen molar-refractivity contribution in [3.63, 3.8) is 0 Å². The van der Waals surface area contributed by atoms with Gasteiger partial charge in [-0.1, -0.05) is 20.3 Å². The Balaban J connectivity index is 2.65. The predicted molar refractivity (Wildman–Crippen MR) is 68.8 cm³/mol. The van der Waals surface area contributed by atoms with Crippen molar-refractivity contribution in [2.45, 2.75) is 26.3 Å². The zero-order chi connectivity index (χ0) is 15.4. The van der Waals surface area contributed by atoms with Crippen LogP contribution in [0.2, 0.25) is 0 Å². The molecule has 2 atom stereocenters. The highest BCUT2D eigenvalue weighted by Crippen LogP contribution is 2.10. The number of carbonyl (C=O) groups is 4. The van der Waals surface area contributed by atoms with Crippen LogP contribution in [-0.2, 0) is 14.4 Å². The first-order valence-corrected chi connectivity index (χ1v) is 6.35. The Labute approximate surface area is 116 Å². The number of amides is 4. The molecule has 0 saturated carbocycles. The molecule has 1 rings (SSSR count). The third-order valence-corrected chi connectivity index (χ3v) is 3.33. The first-order valence-electron chi connectivity index (χ1n) is 6.35. The molecule has 20 heavy (non-hydrogen) atoms. The number of rotatable bonds is 6. The van der Waals surface area contributed by atoms with Crippen molar-refractivity contribution < 1.29 is 24.3 Å². The smallest absolute Gasteiger partial charge is 0.327 e. The van der Waals surface area contributed by atoms with E-state index in [-0.39, 0.29) is 12.5 Å². The zero-order valence-electron chi connectivity index (χ0n) is 11.8. The average Bonchev–Trinajstić information content (AvgIpc) is 2.61. The number of aliphatic carboxylic acids is 1. The van der Waals surface area contributed by atoms with Crippen LogP contribution >= 0.6 is 0 Å². The minimum atomic E-state index is -1.14. The lowest BCUT2D eigenvalue weighted by Gasteiger charge is -2.21. The van der Waals surface area contributed by atoms with E-state index in [2.05, 4.69) is 5.32 Å². The number of hydrogen-bond acceptors (Lipinski definition) is 4. The maximum absolute atomic E-state index is 11.8. The van der Waals surface area contributed by atoms with E-state index in [9.17, 15) is 19.2 Å². The molecule has 0 aromatic heterocycles. The summed E-state index contributed by atoms with van der Waals surface area (Å²) < 4.78 is 0. The minimum Gasteiger partial charge on any atom is -0.480 e. The third-order valence-electron chi connectivity index (χ3n) is 3.33. The topological polar surface area (TPSA) is 107 Å². The van der Waals surface area contributed by atoms with Crippen molar-refractivity contribution in [3.05, 3.63) is 0 Å². The van der Waals surface area contributed by atoms with Gasteiger partial charge in [0, 0.05) is 7.05 Å². The van der Waals surface area contributed by atoms with Gasteiger partial charge in [0.25, 0.3) is 5.91 Å². The van der Waals surface area contributed by atoms with Gasteiger partial charge in [-0.2, -0.15) is 0 Å². The van der Waals surface area contributed by atoms with Crippen LogP contribution in [0.5, 0.6) is 0 Å². The Morgan fingerprint density at radius 2 is 2.00 bits per heavy atom. The van der Waals surface area contributed by atoms with Crippen LogP contribution < -0.4 is 5.32 Å². The summed E-state index contributed by atoms with van der Waals surface area (Å²) in [7, 11) is 1.46. The summed E-state index contributed by atoms with van der Waals surface area (Å²) in [5.74, 6) is -2.51. The fourth-order valence-corrected chi connectivity index (χ4v) is 1.87. The molecule has 112 valence electrons. The molecule has 0 aromatic rings. The molecule has 4 amide bonds. The van der Waals surface area contributed by atoms with E-state index in [1.165, 1.54) is 11.9 Å². The van der Waals surface area contributed by atoms with Crippen molar-refractivity contribution in [3.8, 4) is 0 Å². The van der Waals surface area contributed by atoms with Crippen LogP contribution in [0.4, 0.5) is 4.79 Å². The molecule has 1 heterocycles. The molecule has 0 aliphatic carbocycles. The van der Waals surface area contributed by atoms with E-state index in [4.69, 9.17) is 5.11 Å². The monoisotopic (exact) mass is 285 g/mol. The first-order chi connectivity index (χ1) is 9.27. The van der Waals surface area contributed by atoms with Gasteiger partial charge in [-0.05, 0) is 5.92 Å². The summed E-state index contributed by atoms with van der Waals surface area (Å²) in [4.78, 5) is 48.0. The van der Waals surface area contributed by atoms with Gasteiger partial charge < -0.3 is 15.3 Å². The number of carboxylic acid groups (broad SMARTS) is 1. The van der Waals surface area contributed by atoms with E-state index in [1.54, 1.807) is 6.92 Å². The van der Waals surface area contributed by atoms with Gasteiger partial charge in [0.15, 0.2) is 0 Å². The Morgan fingerprint density at radius 3 is 2.40 bits per heavy atom. The van der Waals surface area contributed by atoms with Gasteiger partial charge >= 0.3 is 12.0 Å². The van der Waals surface area contributed by atoms with Gasteiger partial charge in [-0.15, -0.1) is 0 Å². The summed E-state index contributed by atoms with van der Waals surface area (Å²) in [6.45, 7) is 3.00. The molecule has 1 saturated heterocycles. The molecular formula is C12H19N3O5. The van der Waals surface area contributed by atoms with Gasteiger partial charge in [-0.25, -0.2) is 9.59 Å². The lowest BCUT2D eigenvalue weighted by atomic mass is 9.99. The van der Waals surface area contributed by atoms with Gasteiger partial charge in [0.2, 0.25) is 5.91 Å². The Morgan fingerprint density at radius 1 is 1.40 bits per heavy atom. The minimum absolute atomic E-state index is 0.0696. The Bertz CT molecular complexity index is 437. The SMILES string of the molecule is CCC(C)C(NC(=O)CN1C(=O)CN(C)C1=O)C(=O)O. The summed E-state index contributed by atoms with van der Waals surface area (Å²) >= 11 is 0. The number of carbonyl (C=O) groups excluding carboxylic acids is 3. The maximum Gasteiger partial charge on any atom is 0.327 e. The summed E-state index contributed by atoms with van der Waals surface area (Å²) in [6.07, 6.45) is 0.585. The molecule has 0 aromatic carbocycles. The molecule has 1 aliphatic heterocycles. The highest BCUT2D eigenvalue weighted by atomic mass is 16.4. The number of likely N-dealkylation sites (N-methyl/N-ethyl adjacent to an activating group) is 1. The lowest BCUT2D eigenvalue weighted by molar-refractivity contribution is -0.143. The third kappa shape index (κ3) is 3.46. The second-order valence-corrected chi connectivity index (χ2v) is 4.89. The van der Waals surface area contributed by atoms with E-state index in [0.29, 0.717) is 6.42 Å². The number of carboxylic acids is 1. The van der Waals surface area contributed by atoms with Crippen LogP contribution in [0.1, 0.15) is 20.3 Å². The fourth-order valence-electron chi connectivity index (χ4n) is 1.87. The second-order valence-electron chi connectivity index (χ2n) is 4.89. The van der Waals surface area contributed by atoms with E-state index < -0.39 is 36.4 Å². The molecule has 8 heteroatoms. The largest absolute Gasteiger partial charge is 0.480 e. The molecule has 0 spiro atoms. The zero-order valence-corrected chi connectivity index (χ0v) is 11.8. The van der Waals surface area contributed by atoms with Crippen molar-refractivity contribution in [1.82, 2.24) is 15.1 Å². The fraction of sp³-hybridized carbons (Fsp3) is 0.667. The molecule has 0 bridgehead atoms. The Kier molecular flexibility index (Phi) is 5.06. The van der Waals surface area contributed by atoms with E-state index >= 15 is 0 Å². The summed E-state index contributed by atoms with van der Waals surface area (Å²) in [5.41, 5.74) is 0. The van der Waals surface area contributed by atoms with Crippen LogP contribution in [0, 0.1) is 5.92 Å². The van der Waals surface area contributed by atoms with Crippen molar-refractivity contribution >= 4 is 23.8 Å². The summed E-state index contributed by atoms with van der Waals surface area (Å²) in [6, 6.07) is -1.58. The van der Waals surface area contributed by atoms with Crippen LogP contribution in [-0.4, -0.2) is 64.9 Å². The van der Waals surface area contributed by atoms with Crippen LogP contribution in [0.15, 0.2) is 0 Å². The Hall–Kier alpha value is -2.12. The molecule has 8 nitrogen and oxygen atoms in total. The first kappa shape index (κ1) is 15.9. The predicted octanol–water partition coefficient (Wildman–Crippen LogP) is -0.504. The molecule has 0 radical (unpaired) electrons. The number of imide groups is 1. The van der Waals surface area contributed by atoms with Crippen molar-refractivity contribution in [2.75, 3.05) is 20.1 Å². The standard InChI is InChI=1S/C12H19N3O5/c1-4-7(2)10(11(18)19)13-8(16)5-15-9(17)6-14(3)12(15)20/h7,10H,4-6H2,1-3H3,(H,13,16)(H,18,19). The lowest BCUT2D eigenvalue weighted by Crippen LogP contribution is -2.49. The van der Waals surface area contributed by atoms with Crippen molar-refractivity contribution in [1.29, 1.82) is 0 Å². The average molecular weight is 285 g/mol. The molecule has 2 unspecified atom stereocenters. The van der Waals surface area contributed by atoms with Gasteiger partial charge in [-0.3, -0.25) is 14.5 Å². The number of hydrogen-bond donors (Lipinski definition) is 2. The summed E-state index contributed by atoms with van der Waals surface area (Å²) in [5, 5.41) is 11.4. The van der Waals surface area contributed by atoms with Crippen LogP contribution in [0.3, 0.4) is 0 Å². The number of nitrogens with one attached hydrogen (secondary N) is 1. The molecule has 2 N–H and O–H groups in total. The second kappa shape index (κ2) is 6.36. The van der Waals surface area contributed by atoms with Gasteiger partial charge in [0.05, 0.1) is 0 Å². The van der Waals surface area contributed by atoms with Crippen molar-refractivity contribution in [2.24, 2.45) is 5.92 Å². The van der Waals surface area contributed by atoms with Crippen LogP contribution in [0.25, 0.3) is 0 Å². The van der Waals surface area contributed by atoms with E-state index in [0.717, 1.165) is 4.90 Å². The van der Waals surface area contributed by atoms with E-state index in [1.807, 2.05) is 6.92 Å². The number of urea groups is 1.